The molecule has 0 bridgehead atoms. The minimum absolute atomic E-state index is 0.632. The smallest absolute Gasteiger partial charge is 0.0976 e. The van der Waals surface area contributed by atoms with Gasteiger partial charge in [0.05, 0.1) is 6.17 Å². The van der Waals surface area contributed by atoms with Crippen molar-refractivity contribution in [2.24, 2.45) is 0 Å². The molecule has 17 heavy (non-hydrogen) atoms. The van der Waals surface area contributed by atoms with Crippen LogP contribution in [0.25, 0.3) is 0 Å². The predicted octanol–water partition coefficient (Wildman–Crippen LogP) is 3.44. The van der Waals surface area contributed by atoms with Crippen molar-refractivity contribution in [3.05, 3.63) is 35.4 Å². The number of hydrogen-bond acceptors (Lipinski definition) is 1. The Morgan fingerprint density at radius 2 is 1.88 bits per heavy atom. The summed E-state index contributed by atoms with van der Waals surface area (Å²) in [6.07, 6.45) is 3.26. The highest BCUT2D eigenvalue weighted by molar-refractivity contribution is 5.26. The van der Waals surface area contributed by atoms with E-state index in [0.29, 0.717) is 12.3 Å². The van der Waals surface area contributed by atoms with Crippen molar-refractivity contribution in [3.8, 4) is 0 Å². The number of aryl methyl sites for hydroxylation is 1. The predicted molar refractivity (Wildman–Crippen MR) is 70.2 cm³/mol. The summed E-state index contributed by atoms with van der Waals surface area (Å²) in [5.74, 6) is 0.713. The van der Waals surface area contributed by atoms with Gasteiger partial charge in [-0.1, -0.05) is 24.3 Å². The van der Waals surface area contributed by atoms with Gasteiger partial charge in [0.2, 0.25) is 0 Å². The fourth-order valence-electron chi connectivity index (χ4n) is 2.48. The monoisotopic (exact) mass is 235 g/mol. The summed E-state index contributed by atoms with van der Waals surface area (Å²) in [5, 5.41) is 3.39. The fourth-order valence-corrected chi connectivity index (χ4v) is 2.48. The Morgan fingerprint density at radius 1 is 1.24 bits per heavy atom. The molecular weight excluding hydrogens is 213 g/mol. The van der Waals surface area contributed by atoms with Crippen LogP contribution in [0.3, 0.4) is 0 Å². The molecule has 94 valence electrons. The molecule has 1 nitrogen and oxygen atoms in total. The van der Waals surface area contributed by atoms with E-state index in [0.717, 1.165) is 19.5 Å². The Morgan fingerprint density at radius 3 is 2.47 bits per heavy atom. The molecule has 0 radical (unpaired) electrons. The highest BCUT2D eigenvalue weighted by Gasteiger charge is 2.14. The van der Waals surface area contributed by atoms with Crippen LogP contribution in [0.4, 0.5) is 4.39 Å². The Kier molecular flexibility index (Phi) is 4.55. The van der Waals surface area contributed by atoms with E-state index in [1.54, 1.807) is 6.92 Å². The maximum Gasteiger partial charge on any atom is 0.0976 e. The first-order chi connectivity index (χ1) is 8.25. The van der Waals surface area contributed by atoms with Crippen LogP contribution < -0.4 is 5.32 Å². The number of nitrogens with one attached hydrogen (secondary N) is 1. The van der Waals surface area contributed by atoms with Crippen LogP contribution in [-0.4, -0.2) is 19.3 Å². The summed E-state index contributed by atoms with van der Waals surface area (Å²) in [6, 6.07) is 8.79. The van der Waals surface area contributed by atoms with E-state index in [1.807, 2.05) is 0 Å². The lowest BCUT2D eigenvalue weighted by Crippen LogP contribution is -2.26. The first-order valence-corrected chi connectivity index (χ1v) is 6.69. The lowest BCUT2D eigenvalue weighted by Gasteiger charge is -2.23. The minimum Gasteiger partial charge on any atom is -0.317 e. The van der Waals surface area contributed by atoms with E-state index in [-0.39, 0.29) is 0 Å². The number of alkyl halides is 1. The van der Waals surface area contributed by atoms with Crippen molar-refractivity contribution in [2.75, 3.05) is 13.1 Å². The standard InChI is InChI=1S/C15H22FN/c1-12(16)2-3-13-4-6-14(7-5-13)15-8-10-17-11-9-15/h4-7,12,15,17H,2-3,8-11H2,1H3. The van der Waals surface area contributed by atoms with Crippen molar-refractivity contribution in [1.82, 2.24) is 5.32 Å². The van der Waals surface area contributed by atoms with E-state index in [9.17, 15) is 4.39 Å². The lowest BCUT2D eigenvalue weighted by atomic mass is 9.89. The highest BCUT2D eigenvalue weighted by Crippen LogP contribution is 2.25. The third-order valence-corrected chi connectivity index (χ3v) is 3.62. The molecule has 2 rings (SSSR count). The summed E-state index contributed by atoms with van der Waals surface area (Å²) in [7, 11) is 0. The van der Waals surface area contributed by atoms with Crippen molar-refractivity contribution in [2.45, 2.75) is 44.7 Å². The van der Waals surface area contributed by atoms with Gasteiger partial charge >= 0.3 is 0 Å². The Balaban J connectivity index is 1.92. The molecule has 0 spiro atoms. The molecule has 1 aliphatic heterocycles. The second-order valence-corrected chi connectivity index (χ2v) is 5.09. The maximum atomic E-state index is 12.8. The molecule has 1 saturated heterocycles. The molecule has 1 aromatic rings. The van der Waals surface area contributed by atoms with Crippen LogP contribution in [0.2, 0.25) is 0 Å². The molecule has 2 heteroatoms. The summed E-state index contributed by atoms with van der Waals surface area (Å²) < 4.78 is 12.8. The first-order valence-electron chi connectivity index (χ1n) is 6.69. The number of benzene rings is 1. The zero-order chi connectivity index (χ0) is 12.1. The van der Waals surface area contributed by atoms with E-state index in [4.69, 9.17) is 0 Å². The van der Waals surface area contributed by atoms with Gasteiger partial charge in [-0.2, -0.15) is 0 Å². The second-order valence-electron chi connectivity index (χ2n) is 5.09. The Bertz CT molecular complexity index is 325. The Hall–Kier alpha value is -0.890. The van der Waals surface area contributed by atoms with E-state index >= 15 is 0 Å². The number of piperidine rings is 1. The van der Waals surface area contributed by atoms with Gasteiger partial charge in [-0.25, -0.2) is 4.39 Å². The van der Waals surface area contributed by atoms with Crippen LogP contribution in [0.1, 0.15) is 43.2 Å². The highest BCUT2D eigenvalue weighted by atomic mass is 19.1. The maximum absolute atomic E-state index is 12.8. The van der Waals surface area contributed by atoms with Gasteiger partial charge in [0.25, 0.3) is 0 Å². The summed E-state index contributed by atoms with van der Waals surface area (Å²) in [5.41, 5.74) is 2.70. The van der Waals surface area contributed by atoms with Crippen LogP contribution in [0.5, 0.6) is 0 Å². The van der Waals surface area contributed by atoms with E-state index < -0.39 is 6.17 Å². The molecule has 1 aliphatic rings. The summed E-state index contributed by atoms with van der Waals surface area (Å²) >= 11 is 0. The molecule has 0 amide bonds. The minimum atomic E-state index is -0.695. The summed E-state index contributed by atoms with van der Waals surface area (Å²) in [6.45, 7) is 3.89. The number of rotatable bonds is 4. The zero-order valence-electron chi connectivity index (χ0n) is 10.6. The van der Waals surface area contributed by atoms with Crippen molar-refractivity contribution in [3.63, 3.8) is 0 Å². The van der Waals surface area contributed by atoms with E-state index in [2.05, 4.69) is 29.6 Å². The normalized spacial score (nSPS) is 19.2. The van der Waals surface area contributed by atoms with Crippen LogP contribution in [0, 0.1) is 0 Å². The summed E-state index contributed by atoms with van der Waals surface area (Å²) in [4.78, 5) is 0. The molecule has 1 heterocycles. The van der Waals surface area contributed by atoms with E-state index in [1.165, 1.54) is 24.0 Å². The van der Waals surface area contributed by atoms with Gasteiger partial charge in [-0.05, 0) is 62.7 Å². The third kappa shape index (κ3) is 3.81. The van der Waals surface area contributed by atoms with Crippen LogP contribution in [-0.2, 0) is 6.42 Å². The van der Waals surface area contributed by atoms with Crippen LogP contribution >= 0.6 is 0 Å². The molecule has 0 aliphatic carbocycles. The Labute approximate surface area is 103 Å². The SMILES string of the molecule is CC(F)CCc1ccc(C2CCNCC2)cc1. The lowest BCUT2D eigenvalue weighted by molar-refractivity contribution is 0.341. The molecular formula is C15H22FN. The van der Waals surface area contributed by atoms with Gasteiger partial charge in [-0.15, -0.1) is 0 Å². The first kappa shape index (κ1) is 12.6. The number of halogens is 1. The van der Waals surface area contributed by atoms with Crippen molar-refractivity contribution >= 4 is 0 Å². The fraction of sp³-hybridized carbons (Fsp3) is 0.600. The van der Waals surface area contributed by atoms with Gasteiger partial charge in [-0.3, -0.25) is 0 Å². The largest absolute Gasteiger partial charge is 0.317 e. The molecule has 0 aromatic heterocycles. The molecule has 1 N–H and O–H groups in total. The average Bonchev–Trinajstić information content (AvgIpc) is 2.38. The molecule has 1 unspecified atom stereocenters. The van der Waals surface area contributed by atoms with Gasteiger partial charge in [0.15, 0.2) is 0 Å². The van der Waals surface area contributed by atoms with Crippen LogP contribution in [0.15, 0.2) is 24.3 Å². The molecule has 1 aromatic carbocycles. The third-order valence-electron chi connectivity index (χ3n) is 3.62. The second kappa shape index (κ2) is 6.15. The molecule has 1 atom stereocenters. The van der Waals surface area contributed by atoms with Crippen molar-refractivity contribution in [1.29, 1.82) is 0 Å². The van der Waals surface area contributed by atoms with Crippen molar-refractivity contribution < 1.29 is 4.39 Å². The topological polar surface area (TPSA) is 12.0 Å². The van der Waals surface area contributed by atoms with Gasteiger partial charge < -0.3 is 5.32 Å². The zero-order valence-corrected chi connectivity index (χ0v) is 10.6. The average molecular weight is 235 g/mol. The quantitative estimate of drug-likeness (QED) is 0.843. The molecule has 1 fully saturated rings. The molecule has 0 saturated carbocycles. The number of hydrogen-bond donors (Lipinski definition) is 1. The van der Waals surface area contributed by atoms with Gasteiger partial charge in [0, 0.05) is 0 Å². The van der Waals surface area contributed by atoms with Gasteiger partial charge in [0.1, 0.15) is 0 Å².